The summed E-state index contributed by atoms with van der Waals surface area (Å²) in [6.45, 7) is 2.55. The van der Waals surface area contributed by atoms with Crippen molar-refractivity contribution in [2.75, 3.05) is 26.7 Å². The third-order valence-corrected chi connectivity index (χ3v) is 2.33. The summed E-state index contributed by atoms with van der Waals surface area (Å²) >= 11 is 0. The van der Waals surface area contributed by atoms with Crippen molar-refractivity contribution in [2.45, 2.75) is 6.92 Å². The lowest BCUT2D eigenvalue weighted by atomic mass is 10.1. The molecule has 1 rings (SSSR count). The van der Waals surface area contributed by atoms with Crippen LogP contribution in [0.15, 0.2) is 24.3 Å². The second kappa shape index (κ2) is 6.76. The largest absolute Gasteiger partial charge is 0.493 e. The van der Waals surface area contributed by atoms with Gasteiger partial charge in [0.2, 0.25) is 5.91 Å². The fourth-order valence-electron chi connectivity index (χ4n) is 1.63. The Morgan fingerprint density at radius 2 is 1.94 bits per heavy atom. The molecule has 0 unspecified atom stereocenters. The summed E-state index contributed by atoms with van der Waals surface area (Å²) < 4.78 is 5.39. The standard InChI is InChI=1S/C13H18N2O3/c1-3-18-12-7-5-4-6-10(12)11(16)8-15(2)9-13(14)17/h4-7H,3,8-9H2,1-2H3,(H2,14,17). The SMILES string of the molecule is CCOc1ccccc1C(=O)CN(C)CC(N)=O. The number of ketones is 1. The summed E-state index contributed by atoms with van der Waals surface area (Å²) in [5, 5.41) is 0. The first-order chi connectivity index (χ1) is 8.54. The highest BCUT2D eigenvalue weighted by atomic mass is 16.5. The van der Waals surface area contributed by atoms with Gasteiger partial charge in [0, 0.05) is 0 Å². The van der Waals surface area contributed by atoms with E-state index in [4.69, 9.17) is 10.5 Å². The van der Waals surface area contributed by atoms with Gasteiger partial charge in [-0.05, 0) is 26.1 Å². The fraction of sp³-hybridized carbons (Fsp3) is 0.385. The Labute approximate surface area is 107 Å². The summed E-state index contributed by atoms with van der Waals surface area (Å²) in [4.78, 5) is 24.4. The third-order valence-electron chi connectivity index (χ3n) is 2.33. The highest BCUT2D eigenvalue weighted by Gasteiger charge is 2.14. The van der Waals surface area contributed by atoms with Crippen molar-refractivity contribution in [3.8, 4) is 5.75 Å². The van der Waals surface area contributed by atoms with E-state index in [1.165, 1.54) is 0 Å². The molecule has 0 fully saturated rings. The van der Waals surface area contributed by atoms with Gasteiger partial charge in [0.05, 0.1) is 25.3 Å². The summed E-state index contributed by atoms with van der Waals surface area (Å²) in [5.74, 6) is 0.0173. The monoisotopic (exact) mass is 250 g/mol. The number of para-hydroxylation sites is 1. The maximum Gasteiger partial charge on any atom is 0.231 e. The number of hydrogen-bond acceptors (Lipinski definition) is 4. The number of amides is 1. The molecular weight excluding hydrogens is 232 g/mol. The Hall–Kier alpha value is -1.88. The van der Waals surface area contributed by atoms with E-state index < -0.39 is 5.91 Å². The number of rotatable bonds is 7. The molecule has 98 valence electrons. The molecule has 1 aromatic rings. The van der Waals surface area contributed by atoms with Crippen LogP contribution in [0, 0.1) is 0 Å². The quantitative estimate of drug-likeness (QED) is 0.722. The summed E-state index contributed by atoms with van der Waals surface area (Å²) in [7, 11) is 1.67. The maximum atomic E-state index is 12.1. The minimum absolute atomic E-state index is 0.0581. The van der Waals surface area contributed by atoms with E-state index in [-0.39, 0.29) is 18.9 Å². The van der Waals surface area contributed by atoms with E-state index in [1.807, 2.05) is 13.0 Å². The summed E-state index contributed by atoms with van der Waals surface area (Å²) in [5.41, 5.74) is 5.59. The summed E-state index contributed by atoms with van der Waals surface area (Å²) in [6, 6.07) is 7.06. The molecule has 0 heterocycles. The van der Waals surface area contributed by atoms with Gasteiger partial charge in [0.25, 0.3) is 0 Å². The Morgan fingerprint density at radius 1 is 1.28 bits per heavy atom. The van der Waals surface area contributed by atoms with Crippen LogP contribution in [0.4, 0.5) is 0 Å². The van der Waals surface area contributed by atoms with Gasteiger partial charge in [-0.3, -0.25) is 14.5 Å². The van der Waals surface area contributed by atoms with Crippen LogP contribution in [-0.4, -0.2) is 43.3 Å². The average molecular weight is 250 g/mol. The van der Waals surface area contributed by atoms with E-state index in [2.05, 4.69) is 0 Å². The van der Waals surface area contributed by atoms with E-state index in [0.717, 1.165) is 0 Å². The number of likely N-dealkylation sites (N-methyl/N-ethyl adjacent to an activating group) is 1. The van der Waals surface area contributed by atoms with Crippen molar-refractivity contribution in [3.63, 3.8) is 0 Å². The molecule has 0 saturated carbocycles. The molecule has 0 aromatic heterocycles. The molecule has 0 radical (unpaired) electrons. The number of hydrogen-bond donors (Lipinski definition) is 1. The van der Waals surface area contributed by atoms with Crippen LogP contribution in [0.2, 0.25) is 0 Å². The molecule has 0 bridgehead atoms. The lowest BCUT2D eigenvalue weighted by Crippen LogP contribution is -2.34. The Balaban J connectivity index is 2.74. The number of carbonyl (C=O) groups is 2. The smallest absolute Gasteiger partial charge is 0.231 e. The molecule has 0 aliphatic heterocycles. The minimum Gasteiger partial charge on any atom is -0.493 e. The van der Waals surface area contributed by atoms with E-state index in [0.29, 0.717) is 17.9 Å². The van der Waals surface area contributed by atoms with Gasteiger partial charge in [0.15, 0.2) is 5.78 Å². The maximum absolute atomic E-state index is 12.1. The zero-order valence-corrected chi connectivity index (χ0v) is 10.7. The molecule has 0 atom stereocenters. The van der Waals surface area contributed by atoms with Crippen molar-refractivity contribution < 1.29 is 14.3 Å². The first kappa shape index (κ1) is 14.2. The van der Waals surface area contributed by atoms with Crippen molar-refractivity contribution in [1.82, 2.24) is 4.90 Å². The number of primary amides is 1. The molecule has 0 saturated heterocycles. The zero-order valence-electron chi connectivity index (χ0n) is 10.7. The second-order valence-electron chi connectivity index (χ2n) is 3.99. The van der Waals surface area contributed by atoms with Crippen LogP contribution >= 0.6 is 0 Å². The Kier molecular flexibility index (Phi) is 5.32. The lowest BCUT2D eigenvalue weighted by Gasteiger charge is -2.15. The van der Waals surface area contributed by atoms with Crippen LogP contribution in [0.5, 0.6) is 5.75 Å². The minimum atomic E-state index is -0.455. The Bertz CT molecular complexity index is 432. The molecular formula is C13H18N2O3. The van der Waals surface area contributed by atoms with Crippen LogP contribution in [0.3, 0.4) is 0 Å². The molecule has 0 aliphatic rings. The molecule has 0 aliphatic carbocycles. The summed E-state index contributed by atoms with van der Waals surface area (Å²) in [6.07, 6.45) is 0. The molecule has 5 nitrogen and oxygen atoms in total. The number of benzene rings is 1. The van der Waals surface area contributed by atoms with Gasteiger partial charge < -0.3 is 10.5 Å². The number of carbonyl (C=O) groups excluding carboxylic acids is 2. The Morgan fingerprint density at radius 3 is 2.56 bits per heavy atom. The number of nitrogens with two attached hydrogens (primary N) is 1. The highest BCUT2D eigenvalue weighted by molar-refractivity contribution is 6.00. The predicted molar refractivity (Wildman–Crippen MR) is 68.6 cm³/mol. The number of ether oxygens (including phenoxy) is 1. The molecule has 2 N–H and O–H groups in total. The van der Waals surface area contributed by atoms with Gasteiger partial charge in [-0.15, -0.1) is 0 Å². The van der Waals surface area contributed by atoms with Gasteiger partial charge in [-0.25, -0.2) is 0 Å². The first-order valence-corrected chi connectivity index (χ1v) is 5.76. The average Bonchev–Trinajstić information content (AvgIpc) is 2.28. The molecule has 1 aromatic carbocycles. The lowest BCUT2D eigenvalue weighted by molar-refractivity contribution is -0.118. The van der Waals surface area contributed by atoms with Crippen molar-refractivity contribution in [3.05, 3.63) is 29.8 Å². The molecule has 1 amide bonds. The van der Waals surface area contributed by atoms with Crippen molar-refractivity contribution in [2.24, 2.45) is 5.73 Å². The number of nitrogens with zero attached hydrogens (tertiary/aromatic N) is 1. The normalized spacial score (nSPS) is 10.4. The van der Waals surface area contributed by atoms with Crippen LogP contribution in [-0.2, 0) is 4.79 Å². The van der Waals surface area contributed by atoms with Gasteiger partial charge in [-0.1, -0.05) is 12.1 Å². The van der Waals surface area contributed by atoms with E-state index in [1.54, 1.807) is 30.1 Å². The zero-order chi connectivity index (χ0) is 13.5. The molecule has 0 spiro atoms. The first-order valence-electron chi connectivity index (χ1n) is 5.76. The van der Waals surface area contributed by atoms with Crippen LogP contribution < -0.4 is 10.5 Å². The van der Waals surface area contributed by atoms with Crippen LogP contribution in [0.25, 0.3) is 0 Å². The van der Waals surface area contributed by atoms with Crippen molar-refractivity contribution in [1.29, 1.82) is 0 Å². The third kappa shape index (κ3) is 4.18. The van der Waals surface area contributed by atoms with E-state index in [9.17, 15) is 9.59 Å². The predicted octanol–water partition coefficient (Wildman–Crippen LogP) is 0.685. The van der Waals surface area contributed by atoms with Gasteiger partial charge in [0.1, 0.15) is 5.75 Å². The van der Waals surface area contributed by atoms with E-state index >= 15 is 0 Å². The molecule has 5 heteroatoms. The van der Waals surface area contributed by atoms with Gasteiger partial charge >= 0.3 is 0 Å². The van der Waals surface area contributed by atoms with Crippen molar-refractivity contribution >= 4 is 11.7 Å². The number of Topliss-reactive ketones (excluding diaryl/α,β-unsaturated/α-hetero) is 1. The van der Waals surface area contributed by atoms with Gasteiger partial charge in [-0.2, -0.15) is 0 Å². The second-order valence-corrected chi connectivity index (χ2v) is 3.99. The highest BCUT2D eigenvalue weighted by Crippen LogP contribution is 2.18. The topological polar surface area (TPSA) is 72.6 Å². The molecule has 18 heavy (non-hydrogen) atoms. The van der Waals surface area contributed by atoms with Crippen LogP contribution in [0.1, 0.15) is 17.3 Å². The fourth-order valence-corrected chi connectivity index (χ4v) is 1.63.